The Morgan fingerprint density at radius 2 is 1.84 bits per heavy atom. The zero-order valence-corrected chi connectivity index (χ0v) is 15.7. The van der Waals surface area contributed by atoms with Crippen LogP contribution < -0.4 is 5.32 Å². The van der Waals surface area contributed by atoms with Crippen LogP contribution in [0.15, 0.2) is 46.7 Å². The van der Waals surface area contributed by atoms with Crippen molar-refractivity contribution in [2.24, 2.45) is 0 Å². The number of hydrogen-bond donors (Lipinski definition) is 1. The number of carbonyl (C=O) groups is 2. The zero-order chi connectivity index (χ0) is 18.4. The quantitative estimate of drug-likeness (QED) is 0.712. The van der Waals surface area contributed by atoms with Gasteiger partial charge < -0.3 is 5.32 Å². The number of nitrogens with one attached hydrogen (secondary N) is 1. The van der Waals surface area contributed by atoms with Crippen molar-refractivity contribution in [3.05, 3.63) is 52.2 Å². The molecule has 1 aromatic heterocycles. The summed E-state index contributed by atoms with van der Waals surface area (Å²) in [6, 6.07) is 9.51. The topological polar surface area (TPSA) is 83.6 Å². The highest BCUT2D eigenvalue weighted by atomic mass is 32.2. The Morgan fingerprint density at radius 3 is 2.36 bits per heavy atom. The highest BCUT2D eigenvalue weighted by Crippen LogP contribution is 2.16. The van der Waals surface area contributed by atoms with Crippen molar-refractivity contribution in [2.75, 3.05) is 13.1 Å². The van der Waals surface area contributed by atoms with E-state index in [0.717, 1.165) is 9.18 Å². The van der Waals surface area contributed by atoms with Gasteiger partial charge in [0.1, 0.15) is 0 Å². The van der Waals surface area contributed by atoms with Gasteiger partial charge in [0.05, 0.1) is 18.0 Å². The van der Waals surface area contributed by atoms with Crippen LogP contribution in [0.25, 0.3) is 0 Å². The monoisotopic (exact) mass is 380 g/mol. The summed E-state index contributed by atoms with van der Waals surface area (Å²) < 4.78 is 26.5. The average molecular weight is 380 g/mol. The molecule has 0 atom stereocenters. The number of ketones is 1. The van der Waals surface area contributed by atoms with Gasteiger partial charge in [-0.1, -0.05) is 25.1 Å². The number of thiophene rings is 1. The molecule has 1 heterocycles. The number of amides is 1. The van der Waals surface area contributed by atoms with Crippen molar-refractivity contribution in [1.82, 2.24) is 9.62 Å². The molecular formula is C17H20N2O4S2. The fraction of sp³-hybridized carbons (Fsp3) is 0.294. The van der Waals surface area contributed by atoms with E-state index in [-0.39, 0.29) is 29.7 Å². The van der Waals surface area contributed by atoms with Crippen LogP contribution in [0.1, 0.15) is 29.1 Å². The molecule has 0 aliphatic heterocycles. The summed E-state index contributed by atoms with van der Waals surface area (Å²) in [5, 5.41) is 4.63. The third-order valence-electron chi connectivity index (χ3n) is 3.61. The SMILES string of the molecule is CCN(CC(=O)NCc1cccs1)S(=O)(=O)c1ccc(C(C)=O)cc1. The molecule has 0 bridgehead atoms. The van der Waals surface area contributed by atoms with Gasteiger partial charge in [0.25, 0.3) is 0 Å². The van der Waals surface area contributed by atoms with E-state index in [0.29, 0.717) is 12.1 Å². The molecule has 0 aliphatic carbocycles. The molecule has 6 nitrogen and oxygen atoms in total. The Hall–Kier alpha value is -2.03. The van der Waals surface area contributed by atoms with Crippen LogP contribution in [0.2, 0.25) is 0 Å². The first kappa shape index (κ1) is 19.3. The lowest BCUT2D eigenvalue weighted by Crippen LogP contribution is -2.40. The Morgan fingerprint density at radius 1 is 1.16 bits per heavy atom. The molecule has 134 valence electrons. The molecule has 2 rings (SSSR count). The molecule has 0 aliphatic rings. The standard InChI is InChI=1S/C17H20N2O4S2/c1-3-19(12-17(21)18-11-15-5-4-10-24-15)25(22,23)16-8-6-14(7-9-16)13(2)20/h4-10H,3,11-12H2,1-2H3,(H,18,21). The molecule has 0 saturated carbocycles. The van der Waals surface area contributed by atoms with Gasteiger partial charge in [-0.3, -0.25) is 9.59 Å². The van der Waals surface area contributed by atoms with E-state index in [1.807, 2.05) is 17.5 Å². The summed E-state index contributed by atoms with van der Waals surface area (Å²) in [5.74, 6) is -0.497. The number of hydrogen-bond acceptors (Lipinski definition) is 5. The Labute approximate surface area is 151 Å². The number of benzene rings is 1. The third-order valence-corrected chi connectivity index (χ3v) is 6.42. The minimum Gasteiger partial charge on any atom is -0.350 e. The maximum Gasteiger partial charge on any atom is 0.243 e. The normalized spacial score (nSPS) is 11.5. The molecule has 1 N–H and O–H groups in total. The smallest absolute Gasteiger partial charge is 0.243 e. The van der Waals surface area contributed by atoms with Gasteiger partial charge in [-0.2, -0.15) is 4.31 Å². The van der Waals surface area contributed by atoms with Crippen molar-refractivity contribution in [1.29, 1.82) is 0 Å². The molecule has 0 radical (unpaired) electrons. The summed E-state index contributed by atoms with van der Waals surface area (Å²) in [4.78, 5) is 24.4. The maximum atomic E-state index is 12.7. The van der Waals surface area contributed by atoms with Gasteiger partial charge in [-0.25, -0.2) is 8.42 Å². The van der Waals surface area contributed by atoms with E-state index in [1.165, 1.54) is 42.5 Å². The Bertz CT molecular complexity index is 828. The first-order valence-electron chi connectivity index (χ1n) is 7.75. The maximum absolute atomic E-state index is 12.7. The van der Waals surface area contributed by atoms with E-state index in [9.17, 15) is 18.0 Å². The summed E-state index contributed by atoms with van der Waals surface area (Å²) in [7, 11) is -3.80. The van der Waals surface area contributed by atoms with Crippen molar-refractivity contribution in [3.63, 3.8) is 0 Å². The van der Waals surface area contributed by atoms with Crippen molar-refractivity contribution in [3.8, 4) is 0 Å². The predicted molar refractivity (Wildman–Crippen MR) is 97.0 cm³/mol. The third kappa shape index (κ3) is 4.97. The Balaban J connectivity index is 2.06. The summed E-state index contributed by atoms with van der Waals surface area (Å²) in [6.45, 7) is 3.39. The molecule has 2 aromatic rings. The van der Waals surface area contributed by atoms with E-state index in [2.05, 4.69) is 5.32 Å². The predicted octanol–water partition coefficient (Wildman–Crippen LogP) is 2.28. The van der Waals surface area contributed by atoms with Crippen LogP contribution in [0, 0.1) is 0 Å². The van der Waals surface area contributed by atoms with Crippen molar-refractivity contribution in [2.45, 2.75) is 25.3 Å². The first-order chi connectivity index (χ1) is 11.8. The van der Waals surface area contributed by atoms with Crippen LogP contribution >= 0.6 is 11.3 Å². The molecule has 1 aromatic carbocycles. The molecular weight excluding hydrogens is 360 g/mol. The Kier molecular flexibility index (Phi) is 6.46. The minimum absolute atomic E-state index is 0.0606. The van der Waals surface area contributed by atoms with Crippen molar-refractivity contribution >= 4 is 33.1 Å². The number of carbonyl (C=O) groups excluding carboxylic acids is 2. The zero-order valence-electron chi connectivity index (χ0n) is 14.1. The molecule has 0 fully saturated rings. The van der Waals surface area contributed by atoms with E-state index >= 15 is 0 Å². The van der Waals surface area contributed by atoms with Crippen LogP contribution in [-0.2, 0) is 21.4 Å². The van der Waals surface area contributed by atoms with Gasteiger partial charge in [-0.15, -0.1) is 11.3 Å². The number of likely N-dealkylation sites (N-methyl/N-ethyl adjacent to an activating group) is 1. The highest BCUT2D eigenvalue weighted by Gasteiger charge is 2.25. The second kappa shape index (κ2) is 8.37. The molecule has 8 heteroatoms. The number of nitrogens with zero attached hydrogens (tertiary/aromatic N) is 1. The van der Waals surface area contributed by atoms with Gasteiger partial charge in [0.15, 0.2) is 5.78 Å². The second-order valence-corrected chi connectivity index (χ2v) is 8.34. The largest absolute Gasteiger partial charge is 0.350 e. The molecule has 25 heavy (non-hydrogen) atoms. The lowest BCUT2D eigenvalue weighted by Gasteiger charge is -2.20. The van der Waals surface area contributed by atoms with E-state index in [1.54, 1.807) is 6.92 Å². The molecule has 1 amide bonds. The van der Waals surface area contributed by atoms with E-state index < -0.39 is 10.0 Å². The second-order valence-electron chi connectivity index (χ2n) is 5.37. The van der Waals surface area contributed by atoms with Crippen LogP contribution in [0.3, 0.4) is 0 Å². The van der Waals surface area contributed by atoms with Crippen LogP contribution in [0.5, 0.6) is 0 Å². The van der Waals surface area contributed by atoms with E-state index in [4.69, 9.17) is 0 Å². The first-order valence-corrected chi connectivity index (χ1v) is 10.1. The summed E-state index contributed by atoms with van der Waals surface area (Å²) in [6.07, 6.45) is 0. The minimum atomic E-state index is -3.80. The number of sulfonamides is 1. The molecule has 0 saturated heterocycles. The number of rotatable bonds is 8. The fourth-order valence-corrected chi connectivity index (χ4v) is 4.24. The summed E-state index contributed by atoms with van der Waals surface area (Å²) >= 11 is 1.52. The molecule has 0 unspecified atom stereocenters. The molecule has 0 spiro atoms. The van der Waals surface area contributed by atoms with Gasteiger partial charge in [0.2, 0.25) is 15.9 Å². The number of Topliss-reactive ketones (excluding diaryl/α,β-unsaturated/α-hetero) is 1. The lowest BCUT2D eigenvalue weighted by atomic mass is 10.2. The van der Waals surface area contributed by atoms with Gasteiger partial charge in [0, 0.05) is 17.0 Å². The van der Waals surface area contributed by atoms with Crippen molar-refractivity contribution < 1.29 is 18.0 Å². The average Bonchev–Trinajstić information content (AvgIpc) is 3.11. The lowest BCUT2D eigenvalue weighted by molar-refractivity contribution is -0.121. The fourth-order valence-electron chi connectivity index (χ4n) is 2.19. The van der Waals surface area contributed by atoms with Crippen LogP contribution in [0.4, 0.5) is 0 Å². The van der Waals surface area contributed by atoms with Crippen LogP contribution in [-0.4, -0.2) is 37.5 Å². The van der Waals surface area contributed by atoms with Gasteiger partial charge >= 0.3 is 0 Å². The highest BCUT2D eigenvalue weighted by molar-refractivity contribution is 7.89. The van der Waals surface area contributed by atoms with Gasteiger partial charge in [-0.05, 0) is 30.5 Å². The summed E-state index contributed by atoms with van der Waals surface area (Å²) in [5.41, 5.74) is 0.440.